The highest BCUT2D eigenvalue weighted by Crippen LogP contribution is 2.39. The van der Waals surface area contributed by atoms with Gasteiger partial charge in [-0.25, -0.2) is 26.3 Å². The summed E-state index contributed by atoms with van der Waals surface area (Å²) >= 11 is 0. The maximum atomic E-state index is 14.8. The number of rotatable bonds is 5. The number of alkyl halides is 2. The fourth-order valence-electron chi connectivity index (χ4n) is 3.71. The van der Waals surface area contributed by atoms with Crippen molar-refractivity contribution in [2.24, 2.45) is 5.92 Å². The maximum absolute atomic E-state index is 14.8. The van der Waals surface area contributed by atoms with Gasteiger partial charge in [0.2, 0.25) is 0 Å². The molecule has 37 heavy (non-hydrogen) atoms. The fourth-order valence-corrected chi connectivity index (χ4v) is 3.71. The van der Waals surface area contributed by atoms with Gasteiger partial charge in [0.15, 0.2) is 6.29 Å². The summed E-state index contributed by atoms with van der Waals surface area (Å²) in [5, 5.41) is 8.64. The molecule has 1 heterocycles. The predicted molar refractivity (Wildman–Crippen MR) is 111 cm³/mol. The molecule has 4 rings (SSSR count). The van der Waals surface area contributed by atoms with Crippen molar-refractivity contribution in [3.63, 3.8) is 0 Å². The lowest BCUT2D eigenvalue weighted by Crippen LogP contribution is -2.25. The third-order valence-electron chi connectivity index (χ3n) is 5.40. The van der Waals surface area contributed by atoms with Crippen LogP contribution in [0.25, 0.3) is 11.1 Å². The Labute approximate surface area is 204 Å². The first kappa shape index (κ1) is 26.4. The molecule has 0 unspecified atom stereocenters. The van der Waals surface area contributed by atoms with E-state index in [0.29, 0.717) is 0 Å². The van der Waals surface area contributed by atoms with Crippen molar-refractivity contribution >= 4 is 0 Å². The first-order chi connectivity index (χ1) is 17.4. The van der Waals surface area contributed by atoms with Crippen molar-refractivity contribution in [1.82, 2.24) is 0 Å². The molecule has 1 saturated heterocycles. The number of hydrogen-bond acceptors (Lipinski definition) is 4. The SMILES string of the molecule is CC1COC(c2cc(F)c(-c3cc(F)c(C(F)(F)Oc4cc(F)c(C#N)c(F)c4)c(F)c3)c(F)c2)OC1. The van der Waals surface area contributed by atoms with Gasteiger partial charge in [-0.2, -0.15) is 14.0 Å². The van der Waals surface area contributed by atoms with Gasteiger partial charge >= 0.3 is 6.11 Å². The third kappa shape index (κ3) is 5.23. The lowest BCUT2D eigenvalue weighted by atomic mass is 9.99. The Hall–Kier alpha value is -3.69. The molecule has 0 N–H and O–H groups in total. The van der Waals surface area contributed by atoms with Gasteiger partial charge < -0.3 is 14.2 Å². The largest absolute Gasteiger partial charge is 0.432 e. The Bertz CT molecular complexity index is 1330. The maximum Gasteiger partial charge on any atom is 0.432 e. The summed E-state index contributed by atoms with van der Waals surface area (Å²) in [5.74, 6) is -10.6. The molecule has 0 spiro atoms. The summed E-state index contributed by atoms with van der Waals surface area (Å²) in [4.78, 5) is 0. The van der Waals surface area contributed by atoms with Crippen LogP contribution in [0.3, 0.4) is 0 Å². The minimum absolute atomic E-state index is 0.0370. The molecular weight excluding hydrogens is 514 g/mol. The number of nitrogens with zero attached hydrogens (tertiary/aromatic N) is 1. The fraction of sp³-hybridized carbons (Fsp3) is 0.240. The average molecular weight is 529 g/mol. The Morgan fingerprint density at radius 2 is 1.32 bits per heavy atom. The predicted octanol–water partition coefficient (Wildman–Crippen LogP) is 6.87. The molecule has 3 aromatic carbocycles. The number of nitriles is 1. The summed E-state index contributed by atoms with van der Waals surface area (Å²) in [6.45, 7) is 2.37. The summed E-state index contributed by atoms with van der Waals surface area (Å²) < 4.78 is 130. The first-order valence-corrected chi connectivity index (χ1v) is 10.6. The molecule has 0 amide bonds. The van der Waals surface area contributed by atoms with Gasteiger partial charge in [-0.15, -0.1) is 0 Å². The van der Waals surface area contributed by atoms with Crippen LogP contribution in [0, 0.1) is 52.2 Å². The van der Waals surface area contributed by atoms with Gasteiger partial charge in [0.1, 0.15) is 57.8 Å². The van der Waals surface area contributed by atoms with E-state index in [1.165, 1.54) is 6.07 Å². The second-order valence-electron chi connectivity index (χ2n) is 8.27. The molecule has 0 saturated carbocycles. The van der Waals surface area contributed by atoms with Gasteiger partial charge in [0.25, 0.3) is 0 Å². The summed E-state index contributed by atoms with van der Waals surface area (Å²) in [6.07, 6.45) is -5.88. The Morgan fingerprint density at radius 3 is 1.81 bits per heavy atom. The van der Waals surface area contributed by atoms with Gasteiger partial charge in [-0.05, 0) is 29.8 Å². The van der Waals surface area contributed by atoms with Crippen molar-refractivity contribution in [1.29, 1.82) is 5.26 Å². The Kier molecular flexibility index (Phi) is 7.12. The van der Waals surface area contributed by atoms with E-state index in [4.69, 9.17) is 14.7 Å². The van der Waals surface area contributed by atoms with Crippen molar-refractivity contribution in [3.8, 4) is 22.9 Å². The van der Waals surface area contributed by atoms with Crippen LogP contribution in [0.15, 0.2) is 36.4 Å². The van der Waals surface area contributed by atoms with Crippen molar-refractivity contribution in [3.05, 3.63) is 88.0 Å². The van der Waals surface area contributed by atoms with Gasteiger partial charge in [0.05, 0.1) is 18.8 Å². The Balaban J connectivity index is 1.66. The van der Waals surface area contributed by atoms with E-state index in [-0.39, 0.29) is 49.0 Å². The highest BCUT2D eigenvalue weighted by atomic mass is 19.3. The molecule has 1 aliphatic heterocycles. The summed E-state index contributed by atoms with van der Waals surface area (Å²) in [7, 11) is 0. The van der Waals surface area contributed by atoms with E-state index in [1.807, 2.05) is 6.92 Å². The van der Waals surface area contributed by atoms with Crippen molar-refractivity contribution < 1.29 is 49.3 Å². The first-order valence-electron chi connectivity index (χ1n) is 10.6. The van der Waals surface area contributed by atoms with Crippen LogP contribution in [-0.4, -0.2) is 13.2 Å². The monoisotopic (exact) mass is 529 g/mol. The van der Waals surface area contributed by atoms with Crippen LogP contribution >= 0.6 is 0 Å². The zero-order valence-corrected chi connectivity index (χ0v) is 18.7. The molecule has 1 aliphatic rings. The molecule has 1 fully saturated rings. The number of ether oxygens (including phenoxy) is 3. The zero-order chi connectivity index (χ0) is 27.1. The highest BCUT2D eigenvalue weighted by molar-refractivity contribution is 5.66. The topological polar surface area (TPSA) is 51.5 Å². The normalized spacial score (nSPS) is 17.9. The molecule has 0 bridgehead atoms. The second kappa shape index (κ2) is 9.99. The van der Waals surface area contributed by atoms with E-state index in [9.17, 15) is 35.1 Å². The van der Waals surface area contributed by atoms with Gasteiger partial charge in [-0.3, -0.25) is 0 Å². The summed E-state index contributed by atoms with van der Waals surface area (Å²) in [6, 6.07) is 3.79. The molecule has 0 radical (unpaired) electrons. The van der Waals surface area contributed by atoms with Crippen LogP contribution in [0.5, 0.6) is 5.75 Å². The number of hydrogen-bond donors (Lipinski definition) is 0. The quantitative estimate of drug-likeness (QED) is 0.339. The van der Waals surface area contributed by atoms with Crippen LogP contribution in [-0.2, 0) is 15.6 Å². The highest BCUT2D eigenvalue weighted by Gasteiger charge is 2.42. The van der Waals surface area contributed by atoms with Crippen LogP contribution in [0.4, 0.5) is 35.1 Å². The van der Waals surface area contributed by atoms with Crippen LogP contribution in [0.2, 0.25) is 0 Å². The van der Waals surface area contributed by atoms with Gasteiger partial charge in [0, 0.05) is 23.6 Å². The smallest absolute Gasteiger partial charge is 0.429 e. The average Bonchev–Trinajstić information content (AvgIpc) is 2.78. The molecular formula is C25H15F8NO3. The number of benzene rings is 3. The number of halogens is 8. The van der Waals surface area contributed by atoms with Crippen molar-refractivity contribution in [2.45, 2.75) is 19.3 Å². The molecule has 12 heteroatoms. The van der Waals surface area contributed by atoms with E-state index in [0.717, 1.165) is 12.1 Å². The molecule has 0 aromatic heterocycles. The standard InChI is InChI=1S/C25H15F8NO3/c1-11-9-35-24(36-10-11)13-4-18(28)22(19(29)5-13)12-2-20(30)23(21(31)3-12)25(32,33)37-14-6-16(26)15(8-34)17(27)7-14/h2-7,11,24H,9-10H2,1H3. The summed E-state index contributed by atoms with van der Waals surface area (Å²) in [5.41, 5.74) is -4.74. The Morgan fingerprint density at radius 1 is 0.811 bits per heavy atom. The minimum Gasteiger partial charge on any atom is -0.429 e. The second-order valence-corrected chi connectivity index (χ2v) is 8.27. The molecule has 4 nitrogen and oxygen atoms in total. The lowest BCUT2D eigenvalue weighted by Gasteiger charge is -2.27. The third-order valence-corrected chi connectivity index (χ3v) is 5.40. The van der Waals surface area contributed by atoms with E-state index >= 15 is 0 Å². The zero-order valence-electron chi connectivity index (χ0n) is 18.7. The van der Waals surface area contributed by atoms with Gasteiger partial charge in [-0.1, -0.05) is 6.92 Å². The van der Waals surface area contributed by atoms with E-state index in [1.54, 1.807) is 0 Å². The lowest BCUT2D eigenvalue weighted by molar-refractivity contribution is -0.202. The molecule has 194 valence electrons. The van der Waals surface area contributed by atoms with Crippen molar-refractivity contribution in [2.75, 3.05) is 13.2 Å². The molecule has 0 atom stereocenters. The van der Waals surface area contributed by atoms with Crippen LogP contribution < -0.4 is 4.74 Å². The van der Waals surface area contributed by atoms with E-state index in [2.05, 4.69) is 4.74 Å². The molecule has 3 aromatic rings. The van der Waals surface area contributed by atoms with E-state index < -0.39 is 75.3 Å². The molecule has 0 aliphatic carbocycles. The minimum atomic E-state index is -4.81. The van der Waals surface area contributed by atoms with Crippen LogP contribution in [0.1, 0.15) is 29.9 Å².